The molecule has 152 valence electrons. The highest BCUT2D eigenvalue weighted by molar-refractivity contribution is 6.36. The number of nitrogens with zero attached hydrogens (tertiary/aromatic N) is 2. The molecule has 0 saturated carbocycles. The van der Waals surface area contributed by atoms with Gasteiger partial charge in [0.2, 0.25) is 12.1 Å². The number of benzene rings is 1. The number of nitrogens with one attached hydrogen (secondary N) is 3. The molecule has 1 atom stereocenters. The van der Waals surface area contributed by atoms with Crippen molar-refractivity contribution in [3.05, 3.63) is 64.0 Å². The summed E-state index contributed by atoms with van der Waals surface area (Å²) >= 11 is 12.7. The number of aryl methyl sites for hydroxylation is 1. The molecule has 1 aromatic carbocycles. The molecule has 3 aromatic rings. The molecule has 10 heteroatoms. The SMILES string of the molecule is CNC(=O)NCC(=O)NC(Oc1cccn2cc(C)nc12)c1c(Cl)cccc1Cl. The van der Waals surface area contributed by atoms with Gasteiger partial charge in [-0.1, -0.05) is 29.3 Å². The maximum atomic E-state index is 12.4. The van der Waals surface area contributed by atoms with Crippen molar-refractivity contribution in [2.75, 3.05) is 13.6 Å². The first-order chi connectivity index (χ1) is 13.9. The van der Waals surface area contributed by atoms with Crippen molar-refractivity contribution in [2.45, 2.75) is 13.2 Å². The van der Waals surface area contributed by atoms with Crippen molar-refractivity contribution in [3.8, 4) is 5.75 Å². The predicted molar refractivity (Wildman–Crippen MR) is 110 cm³/mol. The summed E-state index contributed by atoms with van der Waals surface area (Å²) in [5.74, 6) is -0.0535. The van der Waals surface area contributed by atoms with Gasteiger partial charge in [-0.05, 0) is 31.2 Å². The van der Waals surface area contributed by atoms with E-state index >= 15 is 0 Å². The molecular weight excluding hydrogens is 417 g/mol. The number of halogens is 2. The van der Waals surface area contributed by atoms with Gasteiger partial charge in [0, 0.05) is 19.4 Å². The lowest BCUT2D eigenvalue weighted by atomic mass is 10.2. The van der Waals surface area contributed by atoms with Crippen LogP contribution < -0.4 is 20.7 Å². The first kappa shape index (κ1) is 20.8. The van der Waals surface area contributed by atoms with Crippen LogP contribution in [-0.2, 0) is 4.79 Å². The second-order valence-electron chi connectivity index (χ2n) is 6.12. The topological polar surface area (TPSA) is 96.8 Å². The molecule has 29 heavy (non-hydrogen) atoms. The zero-order valence-corrected chi connectivity index (χ0v) is 17.2. The van der Waals surface area contributed by atoms with Gasteiger partial charge < -0.3 is 25.1 Å². The number of urea groups is 1. The highest BCUT2D eigenvalue weighted by Crippen LogP contribution is 2.33. The van der Waals surface area contributed by atoms with Crippen molar-refractivity contribution in [1.82, 2.24) is 25.3 Å². The Morgan fingerprint density at radius 3 is 2.62 bits per heavy atom. The Morgan fingerprint density at radius 2 is 1.93 bits per heavy atom. The number of rotatable bonds is 6. The first-order valence-electron chi connectivity index (χ1n) is 8.69. The van der Waals surface area contributed by atoms with Crippen LogP contribution in [-0.4, -0.2) is 34.9 Å². The molecule has 0 fully saturated rings. The van der Waals surface area contributed by atoms with Crippen LogP contribution in [0.4, 0.5) is 4.79 Å². The van der Waals surface area contributed by atoms with E-state index in [1.807, 2.05) is 23.7 Å². The number of hydrogen-bond acceptors (Lipinski definition) is 4. The van der Waals surface area contributed by atoms with E-state index in [0.717, 1.165) is 5.69 Å². The molecule has 0 radical (unpaired) electrons. The van der Waals surface area contributed by atoms with E-state index in [4.69, 9.17) is 27.9 Å². The quantitative estimate of drug-likeness (QED) is 0.518. The van der Waals surface area contributed by atoms with Crippen LogP contribution in [0.15, 0.2) is 42.7 Å². The molecule has 3 amide bonds. The van der Waals surface area contributed by atoms with E-state index in [1.54, 1.807) is 30.3 Å². The summed E-state index contributed by atoms with van der Waals surface area (Å²) in [4.78, 5) is 28.2. The lowest BCUT2D eigenvalue weighted by Crippen LogP contribution is -2.43. The number of imidazole rings is 1. The Morgan fingerprint density at radius 1 is 1.21 bits per heavy atom. The minimum atomic E-state index is -1.00. The third-order valence-corrected chi connectivity index (χ3v) is 4.66. The number of amides is 3. The van der Waals surface area contributed by atoms with Crippen molar-refractivity contribution in [1.29, 1.82) is 0 Å². The van der Waals surface area contributed by atoms with Crippen molar-refractivity contribution in [3.63, 3.8) is 0 Å². The second kappa shape index (κ2) is 9.02. The zero-order chi connectivity index (χ0) is 21.0. The number of ether oxygens (including phenoxy) is 1. The largest absolute Gasteiger partial charge is 0.462 e. The fourth-order valence-electron chi connectivity index (χ4n) is 2.70. The fraction of sp³-hybridized carbons (Fsp3) is 0.211. The Kier molecular flexibility index (Phi) is 6.46. The number of hydrogen-bond donors (Lipinski definition) is 3. The van der Waals surface area contributed by atoms with Crippen molar-refractivity contribution < 1.29 is 14.3 Å². The van der Waals surface area contributed by atoms with E-state index in [0.29, 0.717) is 27.0 Å². The lowest BCUT2D eigenvalue weighted by molar-refractivity contribution is -0.122. The van der Waals surface area contributed by atoms with Gasteiger partial charge in [-0.3, -0.25) is 4.79 Å². The van der Waals surface area contributed by atoms with E-state index in [2.05, 4.69) is 20.9 Å². The highest BCUT2D eigenvalue weighted by Gasteiger charge is 2.23. The standard InChI is InChI=1S/C19H19Cl2N5O3/c1-11-10-26-8-4-7-14(17(26)24-11)29-18(16-12(20)5-3-6-13(16)21)25-15(27)9-23-19(28)22-2/h3-8,10,18H,9H2,1-2H3,(H,25,27)(H2,22,23,28). The molecule has 3 rings (SSSR count). The predicted octanol–water partition coefficient (Wildman–Crippen LogP) is 3.07. The van der Waals surface area contributed by atoms with Crippen LogP contribution in [0.2, 0.25) is 10.0 Å². The van der Waals surface area contributed by atoms with E-state index in [9.17, 15) is 9.59 Å². The number of carbonyl (C=O) groups is 2. The van der Waals surface area contributed by atoms with Gasteiger partial charge >= 0.3 is 6.03 Å². The monoisotopic (exact) mass is 435 g/mol. The van der Waals surface area contributed by atoms with Crippen LogP contribution in [0.3, 0.4) is 0 Å². The van der Waals surface area contributed by atoms with Gasteiger partial charge in [-0.2, -0.15) is 0 Å². The first-order valence-corrected chi connectivity index (χ1v) is 9.44. The Hall–Kier alpha value is -2.97. The lowest BCUT2D eigenvalue weighted by Gasteiger charge is -2.23. The normalized spacial score (nSPS) is 11.7. The summed E-state index contributed by atoms with van der Waals surface area (Å²) in [6, 6.07) is 8.03. The fourth-order valence-corrected chi connectivity index (χ4v) is 3.29. The molecule has 2 heterocycles. The van der Waals surface area contributed by atoms with Gasteiger partial charge in [0.25, 0.3) is 0 Å². The molecule has 0 aliphatic carbocycles. The van der Waals surface area contributed by atoms with E-state index in [-0.39, 0.29) is 6.54 Å². The van der Waals surface area contributed by atoms with Crippen LogP contribution in [0.25, 0.3) is 5.65 Å². The number of aromatic nitrogens is 2. The zero-order valence-electron chi connectivity index (χ0n) is 15.7. The molecule has 0 bridgehead atoms. The van der Waals surface area contributed by atoms with Gasteiger partial charge in [0.15, 0.2) is 11.4 Å². The summed E-state index contributed by atoms with van der Waals surface area (Å²) in [6.07, 6.45) is 2.69. The third kappa shape index (κ3) is 4.90. The molecule has 0 saturated heterocycles. The Balaban J connectivity index is 1.92. The summed E-state index contributed by atoms with van der Waals surface area (Å²) in [6.45, 7) is 1.61. The van der Waals surface area contributed by atoms with Crippen molar-refractivity contribution >= 4 is 40.8 Å². The molecule has 3 N–H and O–H groups in total. The molecule has 0 spiro atoms. The smallest absolute Gasteiger partial charge is 0.314 e. The number of carbonyl (C=O) groups excluding carboxylic acids is 2. The highest BCUT2D eigenvalue weighted by atomic mass is 35.5. The maximum absolute atomic E-state index is 12.4. The maximum Gasteiger partial charge on any atom is 0.314 e. The Bertz CT molecular complexity index is 1030. The summed E-state index contributed by atoms with van der Waals surface area (Å²) in [7, 11) is 1.45. The molecular formula is C19H19Cl2N5O3. The minimum Gasteiger partial charge on any atom is -0.462 e. The van der Waals surface area contributed by atoms with Gasteiger partial charge in [0.05, 0.1) is 27.8 Å². The van der Waals surface area contributed by atoms with Crippen LogP contribution in [0.1, 0.15) is 17.5 Å². The average molecular weight is 436 g/mol. The van der Waals surface area contributed by atoms with E-state index in [1.165, 1.54) is 7.05 Å². The van der Waals surface area contributed by atoms with Gasteiger partial charge in [0.1, 0.15) is 0 Å². The van der Waals surface area contributed by atoms with Gasteiger partial charge in [-0.15, -0.1) is 0 Å². The average Bonchev–Trinajstić information content (AvgIpc) is 3.07. The minimum absolute atomic E-state index is 0.256. The third-order valence-electron chi connectivity index (χ3n) is 4.00. The molecule has 0 aliphatic rings. The number of fused-ring (bicyclic) bond motifs is 1. The van der Waals surface area contributed by atoms with Gasteiger partial charge in [-0.25, -0.2) is 9.78 Å². The van der Waals surface area contributed by atoms with Crippen LogP contribution in [0, 0.1) is 6.92 Å². The summed E-state index contributed by atoms with van der Waals surface area (Å²) in [5.41, 5.74) is 1.79. The molecule has 8 nitrogen and oxygen atoms in total. The van der Waals surface area contributed by atoms with Crippen LogP contribution >= 0.6 is 23.2 Å². The van der Waals surface area contributed by atoms with Crippen molar-refractivity contribution in [2.24, 2.45) is 0 Å². The molecule has 2 aromatic heterocycles. The second-order valence-corrected chi connectivity index (χ2v) is 6.93. The molecule has 0 aliphatic heterocycles. The molecule has 1 unspecified atom stereocenters. The number of pyridine rings is 1. The van der Waals surface area contributed by atoms with E-state index < -0.39 is 18.2 Å². The summed E-state index contributed by atoms with van der Waals surface area (Å²) in [5, 5.41) is 8.15. The Labute approximate surface area is 177 Å². The summed E-state index contributed by atoms with van der Waals surface area (Å²) < 4.78 is 7.89. The van der Waals surface area contributed by atoms with Crippen LogP contribution in [0.5, 0.6) is 5.75 Å².